The van der Waals surface area contributed by atoms with Crippen LogP contribution in [0.25, 0.3) is 0 Å². The maximum absolute atomic E-state index is 12.6. The number of hydrogen-bond donors (Lipinski definition) is 1. The average molecular weight is 430 g/mol. The largest absolute Gasteiger partial charge is 0.462 e. The predicted molar refractivity (Wildman–Crippen MR) is 121 cm³/mol. The van der Waals surface area contributed by atoms with Gasteiger partial charge in [-0.1, -0.05) is 36.8 Å². The monoisotopic (exact) mass is 429 g/mol. The SMILES string of the molecule is CCOC(=O)c1cc(CC)sc1NC(=O)CN1CCN(Cc2ccc(C)cc2)CC1. The third kappa shape index (κ3) is 6.14. The van der Waals surface area contributed by atoms with Crippen molar-refractivity contribution in [3.63, 3.8) is 0 Å². The molecule has 6 nitrogen and oxygen atoms in total. The minimum atomic E-state index is -0.381. The summed E-state index contributed by atoms with van der Waals surface area (Å²) in [5.41, 5.74) is 3.05. The van der Waals surface area contributed by atoms with Crippen molar-refractivity contribution < 1.29 is 14.3 Å². The number of anilines is 1. The molecule has 0 bridgehead atoms. The van der Waals surface area contributed by atoms with Crippen molar-refractivity contribution in [1.82, 2.24) is 9.80 Å². The number of amides is 1. The zero-order valence-corrected chi connectivity index (χ0v) is 18.9. The van der Waals surface area contributed by atoms with E-state index >= 15 is 0 Å². The first-order valence-corrected chi connectivity index (χ1v) is 11.4. The van der Waals surface area contributed by atoms with Gasteiger partial charge in [0.2, 0.25) is 5.91 Å². The molecule has 1 aliphatic heterocycles. The summed E-state index contributed by atoms with van der Waals surface area (Å²) in [6.45, 7) is 11.1. The first kappa shape index (κ1) is 22.5. The van der Waals surface area contributed by atoms with Gasteiger partial charge in [-0.2, -0.15) is 0 Å². The fraction of sp³-hybridized carbons (Fsp3) is 0.478. The summed E-state index contributed by atoms with van der Waals surface area (Å²) < 4.78 is 5.13. The normalized spacial score (nSPS) is 15.2. The zero-order valence-electron chi connectivity index (χ0n) is 18.1. The first-order chi connectivity index (χ1) is 14.5. The second kappa shape index (κ2) is 10.7. The summed E-state index contributed by atoms with van der Waals surface area (Å²) in [5.74, 6) is -0.467. The van der Waals surface area contributed by atoms with Gasteiger partial charge in [0.25, 0.3) is 0 Å². The van der Waals surface area contributed by atoms with Crippen molar-refractivity contribution in [2.45, 2.75) is 33.7 Å². The third-order valence-corrected chi connectivity index (χ3v) is 6.43. The molecule has 2 aromatic rings. The van der Waals surface area contributed by atoms with Crippen molar-refractivity contribution in [1.29, 1.82) is 0 Å². The number of piperazine rings is 1. The summed E-state index contributed by atoms with van der Waals surface area (Å²) in [6.07, 6.45) is 0.815. The van der Waals surface area contributed by atoms with Crippen LogP contribution in [0.4, 0.5) is 5.00 Å². The molecule has 0 unspecified atom stereocenters. The van der Waals surface area contributed by atoms with Crippen LogP contribution >= 0.6 is 11.3 Å². The van der Waals surface area contributed by atoms with Gasteiger partial charge in [0.05, 0.1) is 18.7 Å². The molecule has 0 saturated carbocycles. The molecular weight excluding hydrogens is 398 g/mol. The molecule has 2 heterocycles. The quantitative estimate of drug-likeness (QED) is 0.650. The number of hydrogen-bond acceptors (Lipinski definition) is 6. The van der Waals surface area contributed by atoms with Crippen molar-refractivity contribution in [3.05, 3.63) is 51.9 Å². The summed E-state index contributed by atoms with van der Waals surface area (Å²) in [5, 5.41) is 3.52. The Labute approximate surface area is 182 Å². The summed E-state index contributed by atoms with van der Waals surface area (Å²) in [6, 6.07) is 10.5. The number of carbonyl (C=O) groups is 2. The Morgan fingerprint density at radius 1 is 1.07 bits per heavy atom. The Hall–Kier alpha value is -2.22. The lowest BCUT2D eigenvalue weighted by molar-refractivity contribution is -0.117. The molecule has 0 aliphatic carbocycles. The molecule has 1 aromatic carbocycles. The van der Waals surface area contributed by atoms with Crippen LogP contribution < -0.4 is 5.32 Å². The number of esters is 1. The van der Waals surface area contributed by atoms with E-state index in [1.165, 1.54) is 22.5 Å². The number of rotatable bonds is 8. The van der Waals surface area contributed by atoms with Crippen LogP contribution in [0.1, 0.15) is 40.2 Å². The molecule has 0 atom stereocenters. The molecule has 1 aromatic heterocycles. The highest BCUT2D eigenvalue weighted by atomic mass is 32.1. The van der Waals surface area contributed by atoms with Crippen LogP contribution in [0.5, 0.6) is 0 Å². The molecule has 0 spiro atoms. The molecule has 0 radical (unpaired) electrons. The minimum Gasteiger partial charge on any atom is -0.462 e. The smallest absolute Gasteiger partial charge is 0.341 e. The first-order valence-electron chi connectivity index (χ1n) is 10.6. The van der Waals surface area contributed by atoms with Gasteiger partial charge >= 0.3 is 5.97 Å². The standard InChI is InChI=1S/C23H31N3O3S/c1-4-19-14-20(23(28)29-5-2)22(30-19)24-21(27)16-26-12-10-25(11-13-26)15-18-8-6-17(3)7-9-18/h6-9,14H,4-5,10-13,15-16H2,1-3H3,(H,24,27). The Morgan fingerprint density at radius 2 is 1.73 bits per heavy atom. The van der Waals surface area contributed by atoms with E-state index in [-0.39, 0.29) is 11.9 Å². The number of ether oxygens (including phenoxy) is 1. The second-order valence-electron chi connectivity index (χ2n) is 7.62. The number of nitrogens with one attached hydrogen (secondary N) is 1. The maximum atomic E-state index is 12.6. The van der Waals surface area contributed by atoms with E-state index in [9.17, 15) is 9.59 Å². The van der Waals surface area contributed by atoms with Gasteiger partial charge in [0, 0.05) is 37.6 Å². The number of nitrogens with zero attached hydrogens (tertiary/aromatic N) is 2. The molecule has 1 amide bonds. The van der Waals surface area contributed by atoms with Gasteiger partial charge in [0.15, 0.2) is 0 Å². The van der Waals surface area contributed by atoms with Gasteiger partial charge in [-0.25, -0.2) is 4.79 Å². The average Bonchev–Trinajstić information content (AvgIpc) is 3.14. The molecule has 30 heavy (non-hydrogen) atoms. The highest BCUT2D eigenvalue weighted by molar-refractivity contribution is 7.16. The molecule has 1 fully saturated rings. The zero-order chi connectivity index (χ0) is 21.5. The van der Waals surface area contributed by atoms with Crippen LogP contribution in [-0.2, 0) is 22.5 Å². The molecule has 1 aliphatic rings. The van der Waals surface area contributed by atoms with E-state index < -0.39 is 0 Å². The summed E-state index contributed by atoms with van der Waals surface area (Å²) in [4.78, 5) is 30.4. The van der Waals surface area contributed by atoms with Gasteiger partial charge in [-0.15, -0.1) is 11.3 Å². The number of carbonyl (C=O) groups excluding carboxylic acids is 2. The van der Waals surface area contributed by atoms with E-state index in [1.807, 2.05) is 13.0 Å². The number of benzene rings is 1. The highest BCUT2D eigenvalue weighted by Crippen LogP contribution is 2.29. The van der Waals surface area contributed by atoms with Gasteiger partial charge < -0.3 is 10.1 Å². The second-order valence-corrected chi connectivity index (χ2v) is 8.75. The van der Waals surface area contributed by atoms with Gasteiger partial charge in [-0.05, 0) is 31.9 Å². The van der Waals surface area contributed by atoms with Gasteiger partial charge in [-0.3, -0.25) is 14.6 Å². The maximum Gasteiger partial charge on any atom is 0.341 e. The van der Waals surface area contributed by atoms with Crippen molar-refractivity contribution >= 4 is 28.2 Å². The van der Waals surface area contributed by atoms with Crippen LogP contribution in [0.2, 0.25) is 0 Å². The fourth-order valence-electron chi connectivity index (χ4n) is 3.50. The Kier molecular flexibility index (Phi) is 8.01. The van der Waals surface area contributed by atoms with Crippen LogP contribution in [-0.4, -0.2) is 61.0 Å². The highest BCUT2D eigenvalue weighted by Gasteiger charge is 2.22. The molecule has 1 N–H and O–H groups in total. The van der Waals surface area contributed by atoms with Crippen LogP contribution in [0.3, 0.4) is 0 Å². The van der Waals surface area contributed by atoms with Crippen molar-refractivity contribution in [2.75, 3.05) is 44.6 Å². The Morgan fingerprint density at radius 3 is 2.37 bits per heavy atom. The van der Waals surface area contributed by atoms with Crippen LogP contribution in [0, 0.1) is 6.92 Å². The Balaban J connectivity index is 1.50. The fourth-order valence-corrected chi connectivity index (χ4v) is 4.50. The molecule has 3 rings (SSSR count). The lowest BCUT2D eigenvalue weighted by Gasteiger charge is -2.34. The topological polar surface area (TPSA) is 61.9 Å². The number of thiophene rings is 1. The van der Waals surface area contributed by atoms with Crippen LogP contribution in [0.15, 0.2) is 30.3 Å². The molecule has 162 valence electrons. The van der Waals surface area contributed by atoms with E-state index in [2.05, 4.69) is 46.3 Å². The Bertz CT molecular complexity index is 855. The molecule has 1 saturated heterocycles. The number of aryl methyl sites for hydroxylation is 2. The van der Waals surface area contributed by atoms with Crippen molar-refractivity contribution in [3.8, 4) is 0 Å². The molecule has 7 heteroatoms. The summed E-state index contributed by atoms with van der Waals surface area (Å²) in [7, 11) is 0. The molecular formula is C23H31N3O3S. The van der Waals surface area contributed by atoms with E-state index in [0.29, 0.717) is 23.7 Å². The summed E-state index contributed by atoms with van der Waals surface area (Å²) >= 11 is 1.45. The third-order valence-electron chi connectivity index (χ3n) is 5.24. The lowest BCUT2D eigenvalue weighted by Crippen LogP contribution is -2.48. The van der Waals surface area contributed by atoms with Crippen molar-refractivity contribution in [2.24, 2.45) is 0 Å². The minimum absolute atomic E-state index is 0.0861. The van der Waals surface area contributed by atoms with E-state index in [1.54, 1.807) is 6.92 Å². The van der Waals surface area contributed by atoms with Gasteiger partial charge in [0.1, 0.15) is 5.00 Å². The predicted octanol–water partition coefficient (Wildman–Crippen LogP) is 3.55. The lowest BCUT2D eigenvalue weighted by atomic mass is 10.1. The van der Waals surface area contributed by atoms with E-state index in [0.717, 1.165) is 44.0 Å². The van der Waals surface area contributed by atoms with E-state index in [4.69, 9.17) is 4.74 Å².